The molecule has 0 bridgehead atoms. The van der Waals surface area contributed by atoms with E-state index in [4.69, 9.17) is 32.4 Å². The standard InChI is InChI=1S/C24H27Cl2NO3/c1-17(2)19-7-5-18(6-8-19)13-27(15-22-4-3-11-29-22)14-21(28)16-30-24-10-9-20(25)12-23(24)26/h3-12,17,21,28H,13-16H2,1-2H3. The van der Waals surface area contributed by atoms with Gasteiger partial charge in [-0.15, -0.1) is 0 Å². The summed E-state index contributed by atoms with van der Waals surface area (Å²) in [7, 11) is 0. The molecule has 0 spiro atoms. The van der Waals surface area contributed by atoms with Crippen LogP contribution in [0.5, 0.6) is 5.75 Å². The van der Waals surface area contributed by atoms with Gasteiger partial charge in [0.2, 0.25) is 0 Å². The number of hydrogen-bond donors (Lipinski definition) is 1. The van der Waals surface area contributed by atoms with Crippen molar-refractivity contribution in [3.63, 3.8) is 0 Å². The number of ether oxygens (including phenoxy) is 1. The van der Waals surface area contributed by atoms with Crippen LogP contribution in [0.2, 0.25) is 10.0 Å². The fourth-order valence-corrected chi connectivity index (χ4v) is 3.67. The molecule has 2 aromatic carbocycles. The summed E-state index contributed by atoms with van der Waals surface area (Å²) in [5.74, 6) is 1.85. The second-order valence-electron chi connectivity index (χ2n) is 7.68. The van der Waals surface area contributed by atoms with Gasteiger partial charge in [-0.1, -0.05) is 61.3 Å². The Morgan fingerprint density at radius 1 is 1.03 bits per heavy atom. The number of hydrogen-bond acceptors (Lipinski definition) is 4. The van der Waals surface area contributed by atoms with Crippen LogP contribution in [-0.4, -0.2) is 29.3 Å². The molecule has 0 aliphatic heterocycles. The maximum Gasteiger partial charge on any atom is 0.138 e. The summed E-state index contributed by atoms with van der Waals surface area (Å²) in [6, 6.07) is 17.4. The normalized spacial score (nSPS) is 12.5. The lowest BCUT2D eigenvalue weighted by Gasteiger charge is -2.25. The van der Waals surface area contributed by atoms with Gasteiger partial charge < -0.3 is 14.3 Å². The average Bonchev–Trinajstić information content (AvgIpc) is 3.20. The van der Waals surface area contributed by atoms with Crippen molar-refractivity contribution in [2.24, 2.45) is 0 Å². The van der Waals surface area contributed by atoms with Crippen molar-refractivity contribution in [1.29, 1.82) is 0 Å². The third kappa shape index (κ3) is 6.78. The zero-order valence-corrected chi connectivity index (χ0v) is 18.7. The van der Waals surface area contributed by atoms with Gasteiger partial charge in [0.05, 0.1) is 17.8 Å². The highest BCUT2D eigenvalue weighted by Gasteiger charge is 2.16. The third-order valence-electron chi connectivity index (χ3n) is 4.81. The van der Waals surface area contributed by atoms with E-state index >= 15 is 0 Å². The Bertz CT molecular complexity index is 911. The number of furan rings is 1. The van der Waals surface area contributed by atoms with Gasteiger partial charge in [0.25, 0.3) is 0 Å². The van der Waals surface area contributed by atoms with E-state index in [1.807, 2.05) is 12.1 Å². The van der Waals surface area contributed by atoms with Crippen LogP contribution in [0, 0.1) is 0 Å². The predicted octanol–water partition coefficient (Wildman–Crippen LogP) is 6.15. The van der Waals surface area contributed by atoms with Crippen LogP contribution in [-0.2, 0) is 13.1 Å². The lowest BCUT2D eigenvalue weighted by Crippen LogP contribution is -2.35. The summed E-state index contributed by atoms with van der Waals surface area (Å²) in [5.41, 5.74) is 2.49. The van der Waals surface area contributed by atoms with Crippen molar-refractivity contribution in [3.05, 3.63) is 87.8 Å². The minimum Gasteiger partial charge on any atom is -0.489 e. The summed E-state index contributed by atoms with van der Waals surface area (Å²) in [4.78, 5) is 2.14. The molecule has 3 rings (SSSR count). The van der Waals surface area contributed by atoms with Crippen molar-refractivity contribution in [2.45, 2.75) is 39.0 Å². The first-order valence-electron chi connectivity index (χ1n) is 10.00. The number of benzene rings is 2. The van der Waals surface area contributed by atoms with Crippen LogP contribution in [0.1, 0.15) is 36.7 Å². The first kappa shape index (κ1) is 22.7. The first-order valence-corrected chi connectivity index (χ1v) is 10.8. The van der Waals surface area contributed by atoms with Crippen LogP contribution in [0.25, 0.3) is 0 Å². The minimum atomic E-state index is -0.693. The largest absolute Gasteiger partial charge is 0.489 e. The van der Waals surface area contributed by atoms with E-state index in [9.17, 15) is 5.11 Å². The van der Waals surface area contributed by atoms with Gasteiger partial charge in [0.1, 0.15) is 24.2 Å². The van der Waals surface area contributed by atoms with Crippen molar-refractivity contribution in [3.8, 4) is 5.75 Å². The summed E-state index contributed by atoms with van der Waals surface area (Å²) in [6.45, 7) is 6.21. The highest BCUT2D eigenvalue weighted by Crippen LogP contribution is 2.27. The molecule has 0 fully saturated rings. The van der Waals surface area contributed by atoms with Crippen LogP contribution in [0.4, 0.5) is 0 Å². The fourth-order valence-electron chi connectivity index (χ4n) is 3.20. The van der Waals surface area contributed by atoms with Gasteiger partial charge in [-0.05, 0) is 47.4 Å². The molecule has 1 heterocycles. The van der Waals surface area contributed by atoms with Crippen molar-refractivity contribution < 1.29 is 14.3 Å². The van der Waals surface area contributed by atoms with Crippen molar-refractivity contribution >= 4 is 23.2 Å². The van der Waals surface area contributed by atoms with Crippen LogP contribution in [0.3, 0.4) is 0 Å². The summed E-state index contributed by atoms with van der Waals surface area (Å²) < 4.78 is 11.2. The summed E-state index contributed by atoms with van der Waals surface area (Å²) in [5, 5.41) is 11.5. The molecular formula is C24H27Cl2NO3. The molecule has 0 saturated carbocycles. The number of halogens is 2. The number of aliphatic hydroxyl groups is 1. The van der Waals surface area contributed by atoms with Crippen molar-refractivity contribution in [2.75, 3.05) is 13.2 Å². The monoisotopic (exact) mass is 447 g/mol. The molecule has 0 aliphatic carbocycles. The smallest absolute Gasteiger partial charge is 0.138 e. The second-order valence-corrected chi connectivity index (χ2v) is 8.53. The molecule has 1 atom stereocenters. The zero-order valence-electron chi connectivity index (χ0n) is 17.2. The van der Waals surface area contributed by atoms with E-state index in [1.54, 1.807) is 24.5 Å². The lowest BCUT2D eigenvalue weighted by molar-refractivity contribution is 0.0605. The molecule has 0 amide bonds. The third-order valence-corrected chi connectivity index (χ3v) is 5.34. The molecule has 6 heteroatoms. The van der Waals surface area contributed by atoms with Gasteiger partial charge in [-0.3, -0.25) is 4.90 Å². The molecule has 160 valence electrons. The number of nitrogens with zero attached hydrogens (tertiary/aromatic N) is 1. The van der Waals surface area contributed by atoms with Crippen LogP contribution >= 0.6 is 23.2 Å². The average molecular weight is 448 g/mol. The highest BCUT2D eigenvalue weighted by molar-refractivity contribution is 6.35. The van der Waals surface area contributed by atoms with E-state index in [0.29, 0.717) is 41.3 Å². The van der Waals surface area contributed by atoms with E-state index in [1.165, 1.54) is 11.1 Å². The molecule has 30 heavy (non-hydrogen) atoms. The van der Waals surface area contributed by atoms with Crippen molar-refractivity contribution in [1.82, 2.24) is 4.90 Å². The molecule has 0 radical (unpaired) electrons. The topological polar surface area (TPSA) is 45.8 Å². The van der Waals surface area contributed by atoms with Crippen LogP contribution in [0.15, 0.2) is 65.3 Å². The highest BCUT2D eigenvalue weighted by atomic mass is 35.5. The first-order chi connectivity index (χ1) is 14.4. The predicted molar refractivity (Wildman–Crippen MR) is 121 cm³/mol. The number of rotatable bonds is 10. The van der Waals surface area contributed by atoms with Gasteiger partial charge >= 0.3 is 0 Å². The van der Waals surface area contributed by atoms with E-state index in [-0.39, 0.29) is 6.61 Å². The Hall–Kier alpha value is -1.98. The maximum absolute atomic E-state index is 10.6. The molecule has 1 aromatic heterocycles. The molecule has 1 N–H and O–H groups in total. The molecule has 3 aromatic rings. The Morgan fingerprint density at radius 3 is 2.43 bits per heavy atom. The molecular weight excluding hydrogens is 421 g/mol. The second kappa shape index (κ2) is 10.9. The fraction of sp³-hybridized carbons (Fsp3) is 0.333. The lowest BCUT2D eigenvalue weighted by atomic mass is 10.0. The summed E-state index contributed by atoms with van der Waals surface area (Å²) in [6.07, 6.45) is 0.967. The quantitative estimate of drug-likeness (QED) is 0.404. The van der Waals surface area contributed by atoms with Crippen LogP contribution < -0.4 is 4.74 Å². The maximum atomic E-state index is 10.6. The summed E-state index contributed by atoms with van der Waals surface area (Å²) >= 11 is 12.1. The molecule has 0 aliphatic rings. The molecule has 1 unspecified atom stereocenters. The van der Waals surface area contributed by atoms with Gasteiger partial charge in [-0.2, -0.15) is 0 Å². The molecule has 0 saturated heterocycles. The molecule has 4 nitrogen and oxygen atoms in total. The van der Waals surface area contributed by atoms with Gasteiger partial charge in [0, 0.05) is 18.1 Å². The van der Waals surface area contributed by atoms with E-state index < -0.39 is 6.10 Å². The Morgan fingerprint density at radius 2 is 1.80 bits per heavy atom. The minimum absolute atomic E-state index is 0.127. The van der Waals surface area contributed by atoms with E-state index in [2.05, 4.69) is 43.0 Å². The number of aliphatic hydroxyl groups excluding tert-OH is 1. The Balaban J connectivity index is 1.62. The Labute approximate surface area is 188 Å². The SMILES string of the molecule is CC(C)c1ccc(CN(Cc2ccco2)CC(O)COc2ccc(Cl)cc2Cl)cc1. The van der Waals surface area contributed by atoms with Gasteiger partial charge in [0.15, 0.2) is 0 Å². The zero-order chi connectivity index (χ0) is 21.5. The van der Waals surface area contributed by atoms with Gasteiger partial charge in [-0.25, -0.2) is 0 Å². The van der Waals surface area contributed by atoms with E-state index in [0.717, 1.165) is 5.76 Å². The Kier molecular flexibility index (Phi) is 8.23.